The van der Waals surface area contributed by atoms with E-state index in [4.69, 9.17) is 19.7 Å². The minimum atomic E-state index is -0.333. The van der Waals surface area contributed by atoms with Crippen LogP contribution in [0.15, 0.2) is 36.5 Å². The molecule has 0 aliphatic carbocycles. The molecule has 0 unspecified atom stereocenters. The Balaban J connectivity index is 1.47. The number of likely N-dealkylation sites (tertiary alicyclic amines) is 1. The van der Waals surface area contributed by atoms with Crippen molar-refractivity contribution in [2.45, 2.75) is 26.8 Å². The third kappa shape index (κ3) is 3.91. The summed E-state index contributed by atoms with van der Waals surface area (Å²) in [5.41, 5.74) is 4.12. The lowest BCUT2D eigenvalue weighted by Crippen LogP contribution is -2.37. The van der Waals surface area contributed by atoms with Gasteiger partial charge in [-0.15, -0.1) is 0 Å². The van der Waals surface area contributed by atoms with Crippen LogP contribution in [0, 0.1) is 11.2 Å². The second-order valence-corrected chi connectivity index (χ2v) is 10.1. The number of benzene rings is 1. The summed E-state index contributed by atoms with van der Waals surface area (Å²) >= 11 is 0. The first kappa shape index (κ1) is 21.4. The van der Waals surface area contributed by atoms with Crippen LogP contribution >= 0.6 is 0 Å². The van der Waals surface area contributed by atoms with Crippen molar-refractivity contribution >= 4 is 27.8 Å². The average Bonchev–Trinajstić information content (AvgIpc) is 3.44. The molecule has 0 atom stereocenters. The Labute approximate surface area is 198 Å². The number of ether oxygens (including phenoxy) is 1. The van der Waals surface area contributed by atoms with Gasteiger partial charge in [0.1, 0.15) is 11.3 Å². The molecule has 34 heavy (non-hydrogen) atoms. The summed E-state index contributed by atoms with van der Waals surface area (Å²) in [7, 11) is 0. The van der Waals surface area contributed by atoms with Crippen LogP contribution in [0.25, 0.3) is 33.3 Å². The van der Waals surface area contributed by atoms with Crippen molar-refractivity contribution in [3.8, 4) is 11.4 Å². The number of hydrogen-bond donors (Lipinski definition) is 1. The number of fused-ring (bicyclic) bond motifs is 2. The SMILES string of the molecule is CC1(C)CCN(Cc2ccc3nc(-c4c(F)ccc5[nH]ccc45)nc(N4CCOCC4)c3n2)C1. The van der Waals surface area contributed by atoms with E-state index in [0.29, 0.717) is 43.1 Å². The molecule has 3 aromatic heterocycles. The molecule has 8 heteroatoms. The Kier molecular flexibility index (Phi) is 5.22. The maximum absolute atomic E-state index is 15.1. The van der Waals surface area contributed by atoms with E-state index < -0.39 is 0 Å². The highest BCUT2D eigenvalue weighted by Crippen LogP contribution is 2.34. The van der Waals surface area contributed by atoms with Gasteiger partial charge in [-0.2, -0.15) is 0 Å². The van der Waals surface area contributed by atoms with Crippen molar-refractivity contribution < 1.29 is 9.13 Å². The summed E-state index contributed by atoms with van der Waals surface area (Å²) in [6.45, 7) is 10.3. The molecule has 2 fully saturated rings. The lowest BCUT2D eigenvalue weighted by Gasteiger charge is -2.28. The van der Waals surface area contributed by atoms with E-state index in [-0.39, 0.29) is 5.82 Å². The van der Waals surface area contributed by atoms with Crippen LogP contribution in [0.4, 0.5) is 10.2 Å². The number of nitrogens with one attached hydrogen (secondary N) is 1. The third-order valence-corrected chi connectivity index (χ3v) is 6.94. The zero-order chi connectivity index (χ0) is 23.3. The van der Waals surface area contributed by atoms with Crippen LogP contribution in [0.5, 0.6) is 0 Å². The minimum Gasteiger partial charge on any atom is -0.378 e. The molecule has 5 heterocycles. The summed E-state index contributed by atoms with van der Waals surface area (Å²) in [4.78, 5) is 22.5. The predicted molar refractivity (Wildman–Crippen MR) is 131 cm³/mol. The van der Waals surface area contributed by atoms with E-state index in [9.17, 15) is 0 Å². The van der Waals surface area contributed by atoms with Gasteiger partial charge in [-0.3, -0.25) is 4.90 Å². The van der Waals surface area contributed by atoms with E-state index in [0.717, 1.165) is 53.1 Å². The molecular weight excluding hydrogens is 431 g/mol. The van der Waals surface area contributed by atoms with E-state index in [1.807, 2.05) is 24.4 Å². The van der Waals surface area contributed by atoms with Gasteiger partial charge in [0.2, 0.25) is 0 Å². The minimum absolute atomic E-state index is 0.333. The van der Waals surface area contributed by atoms with Gasteiger partial charge < -0.3 is 14.6 Å². The molecule has 2 aliphatic heterocycles. The van der Waals surface area contributed by atoms with Gasteiger partial charge in [0.05, 0.1) is 30.0 Å². The number of anilines is 1. The Morgan fingerprint density at radius 2 is 1.88 bits per heavy atom. The predicted octanol–water partition coefficient (Wildman–Crippen LogP) is 4.38. The Bertz CT molecular complexity index is 1360. The average molecular weight is 461 g/mol. The van der Waals surface area contributed by atoms with Gasteiger partial charge in [0.25, 0.3) is 0 Å². The summed E-state index contributed by atoms with van der Waals surface area (Å²) in [5.74, 6) is 0.798. The summed E-state index contributed by atoms with van der Waals surface area (Å²) < 4.78 is 20.6. The van der Waals surface area contributed by atoms with Crippen molar-refractivity contribution in [3.05, 3.63) is 48.0 Å². The smallest absolute Gasteiger partial charge is 0.165 e. The zero-order valence-corrected chi connectivity index (χ0v) is 19.6. The van der Waals surface area contributed by atoms with Crippen LogP contribution in [-0.4, -0.2) is 64.2 Å². The number of H-pyrrole nitrogens is 1. The molecule has 1 N–H and O–H groups in total. The third-order valence-electron chi connectivity index (χ3n) is 6.94. The highest BCUT2D eigenvalue weighted by Gasteiger charge is 2.29. The molecule has 1 aromatic carbocycles. The van der Waals surface area contributed by atoms with Crippen LogP contribution in [0.3, 0.4) is 0 Å². The molecule has 0 saturated carbocycles. The first-order chi connectivity index (χ1) is 16.5. The molecule has 2 aliphatic rings. The fourth-order valence-electron chi connectivity index (χ4n) is 5.16. The number of nitrogens with zero attached hydrogens (tertiary/aromatic N) is 5. The topological polar surface area (TPSA) is 70.2 Å². The van der Waals surface area contributed by atoms with E-state index in [2.05, 4.69) is 28.6 Å². The molecule has 2 saturated heterocycles. The van der Waals surface area contributed by atoms with Crippen molar-refractivity contribution in [2.75, 3.05) is 44.3 Å². The molecule has 4 aromatic rings. The number of pyridine rings is 1. The number of rotatable bonds is 4. The van der Waals surface area contributed by atoms with Crippen LogP contribution in [-0.2, 0) is 11.3 Å². The second kappa shape index (κ2) is 8.29. The van der Waals surface area contributed by atoms with Crippen LogP contribution in [0.2, 0.25) is 0 Å². The molecule has 6 rings (SSSR count). The Morgan fingerprint density at radius 1 is 1.03 bits per heavy atom. The van der Waals surface area contributed by atoms with Gasteiger partial charge in [-0.1, -0.05) is 13.8 Å². The summed E-state index contributed by atoms with van der Waals surface area (Å²) in [6.07, 6.45) is 3.01. The highest BCUT2D eigenvalue weighted by molar-refractivity contribution is 5.96. The lowest BCUT2D eigenvalue weighted by molar-refractivity contribution is 0.122. The quantitative estimate of drug-likeness (QED) is 0.487. The fraction of sp³-hybridized carbons (Fsp3) is 0.423. The summed E-state index contributed by atoms with van der Waals surface area (Å²) in [5, 5.41) is 0.772. The van der Waals surface area contributed by atoms with Gasteiger partial charge in [0, 0.05) is 43.3 Å². The zero-order valence-electron chi connectivity index (χ0n) is 19.6. The summed E-state index contributed by atoms with van der Waals surface area (Å²) in [6, 6.07) is 9.12. The second-order valence-electron chi connectivity index (χ2n) is 10.1. The number of morpholine rings is 1. The van der Waals surface area contributed by atoms with Crippen LogP contribution < -0.4 is 4.90 Å². The van der Waals surface area contributed by atoms with Gasteiger partial charge >= 0.3 is 0 Å². The monoisotopic (exact) mass is 460 g/mol. The molecular formula is C26H29FN6O. The fourth-order valence-corrected chi connectivity index (χ4v) is 5.16. The standard InChI is InChI=1S/C26H29FN6O/c1-26(2)8-10-32(16-26)15-17-3-5-21-23(29-17)25(33-11-13-34-14-12-33)31-24(30-21)22-18-7-9-28-20(18)6-4-19(22)27/h3-7,9,28H,8,10-16H2,1-2H3. The van der Waals surface area contributed by atoms with Crippen molar-refractivity contribution in [1.29, 1.82) is 0 Å². The normalized spacial score (nSPS) is 18.9. The molecule has 0 radical (unpaired) electrons. The molecule has 7 nitrogen and oxygen atoms in total. The highest BCUT2D eigenvalue weighted by atomic mass is 19.1. The number of aromatic nitrogens is 4. The maximum atomic E-state index is 15.1. The maximum Gasteiger partial charge on any atom is 0.165 e. The first-order valence-electron chi connectivity index (χ1n) is 12.0. The van der Waals surface area contributed by atoms with Gasteiger partial charge in [0.15, 0.2) is 11.6 Å². The Hall–Kier alpha value is -3.10. The van der Waals surface area contributed by atoms with E-state index in [1.165, 1.54) is 12.5 Å². The largest absolute Gasteiger partial charge is 0.378 e. The van der Waals surface area contributed by atoms with Crippen molar-refractivity contribution in [3.63, 3.8) is 0 Å². The van der Waals surface area contributed by atoms with Gasteiger partial charge in [-0.05, 0) is 48.7 Å². The van der Waals surface area contributed by atoms with Gasteiger partial charge in [-0.25, -0.2) is 19.3 Å². The molecule has 0 bridgehead atoms. The molecule has 176 valence electrons. The number of aromatic amines is 1. The molecule has 0 spiro atoms. The van der Waals surface area contributed by atoms with Crippen LogP contribution in [0.1, 0.15) is 26.0 Å². The number of halogens is 1. The Morgan fingerprint density at radius 3 is 2.68 bits per heavy atom. The number of hydrogen-bond acceptors (Lipinski definition) is 6. The van der Waals surface area contributed by atoms with E-state index >= 15 is 4.39 Å². The first-order valence-corrected chi connectivity index (χ1v) is 12.0. The van der Waals surface area contributed by atoms with Crippen molar-refractivity contribution in [2.24, 2.45) is 5.41 Å². The molecule has 0 amide bonds. The lowest BCUT2D eigenvalue weighted by atomic mass is 9.93. The van der Waals surface area contributed by atoms with E-state index in [1.54, 1.807) is 6.07 Å². The van der Waals surface area contributed by atoms with Crippen molar-refractivity contribution in [1.82, 2.24) is 24.8 Å².